The van der Waals surface area contributed by atoms with Crippen molar-refractivity contribution < 1.29 is 9.53 Å². The zero-order valence-corrected chi connectivity index (χ0v) is 10.7. The summed E-state index contributed by atoms with van der Waals surface area (Å²) in [5.41, 5.74) is 4.48. The second-order valence-electron chi connectivity index (χ2n) is 5.18. The number of methoxy groups -OCH3 is 1. The van der Waals surface area contributed by atoms with Crippen molar-refractivity contribution in [2.75, 3.05) is 7.11 Å². The molecule has 0 saturated heterocycles. The molecule has 0 radical (unpaired) electrons. The van der Waals surface area contributed by atoms with Gasteiger partial charge in [-0.1, -0.05) is 6.92 Å². The fraction of sp³-hybridized carbons (Fsp3) is 0.400. The number of fused-ring (bicyclic) bond motifs is 3. The van der Waals surface area contributed by atoms with Crippen LogP contribution in [0.25, 0.3) is 10.9 Å². The van der Waals surface area contributed by atoms with E-state index in [1.807, 2.05) is 18.2 Å². The van der Waals surface area contributed by atoms with Gasteiger partial charge in [0.2, 0.25) is 0 Å². The highest BCUT2D eigenvalue weighted by atomic mass is 16.5. The monoisotopic (exact) mass is 243 g/mol. The summed E-state index contributed by atoms with van der Waals surface area (Å²) < 4.78 is 4.78. The molecule has 94 valence electrons. The predicted octanol–water partition coefficient (Wildman–Crippen LogP) is 3.08. The molecule has 0 spiro atoms. The number of hydrogen-bond donors (Lipinski definition) is 1. The number of carbonyl (C=O) groups is 1. The third-order valence-electron chi connectivity index (χ3n) is 3.86. The summed E-state index contributed by atoms with van der Waals surface area (Å²) in [7, 11) is 1.42. The van der Waals surface area contributed by atoms with Crippen molar-refractivity contribution in [1.82, 2.24) is 4.98 Å². The topological polar surface area (TPSA) is 42.1 Å². The van der Waals surface area contributed by atoms with Crippen LogP contribution in [0.5, 0.6) is 0 Å². The van der Waals surface area contributed by atoms with Crippen molar-refractivity contribution in [3.8, 4) is 0 Å². The summed E-state index contributed by atoms with van der Waals surface area (Å²) in [5.74, 6) is 0.453. The number of aromatic amines is 1. The molecule has 0 fully saturated rings. The first-order valence-corrected chi connectivity index (χ1v) is 6.41. The van der Waals surface area contributed by atoms with Crippen LogP contribution < -0.4 is 0 Å². The van der Waals surface area contributed by atoms with Crippen LogP contribution in [0.3, 0.4) is 0 Å². The summed E-state index contributed by atoms with van der Waals surface area (Å²) in [6, 6.07) is 5.75. The molecule has 1 aliphatic carbocycles. The van der Waals surface area contributed by atoms with Gasteiger partial charge in [-0.2, -0.15) is 0 Å². The van der Waals surface area contributed by atoms with E-state index < -0.39 is 0 Å². The summed E-state index contributed by atoms with van der Waals surface area (Å²) in [6.45, 7) is 2.28. The van der Waals surface area contributed by atoms with E-state index >= 15 is 0 Å². The number of benzene rings is 1. The van der Waals surface area contributed by atoms with Crippen molar-refractivity contribution in [1.29, 1.82) is 0 Å². The summed E-state index contributed by atoms with van der Waals surface area (Å²) in [5, 5.41) is 1.18. The van der Waals surface area contributed by atoms with E-state index in [0.717, 1.165) is 24.3 Å². The second kappa shape index (κ2) is 4.16. The number of hydrogen-bond acceptors (Lipinski definition) is 2. The van der Waals surface area contributed by atoms with E-state index in [0.29, 0.717) is 5.56 Å². The zero-order valence-electron chi connectivity index (χ0n) is 10.7. The smallest absolute Gasteiger partial charge is 0.337 e. The maximum Gasteiger partial charge on any atom is 0.337 e. The van der Waals surface area contributed by atoms with E-state index in [1.165, 1.54) is 30.2 Å². The van der Waals surface area contributed by atoms with E-state index in [9.17, 15) is 4.79 Å². The molecule has 0 amide bonds. The number of carbonyl (C=O) groups excluding carboxylic acids is 1. The van der Waals surface area contributed by atoms with Crippen LogP contribution in [0.15, 0.2) is 18.2 Å². The van der Waals surface area contributed by atoms with Crippen LogP contribution in [0.1, 0.15) is 35.0 Å². The van der Waals surface area contributed by atoms with E-state index in [2.05, 4.69) is 11.9 Å². The highest BCUT2D eigenvalue weighted by Crippen LogP contribution is 2.32. The molecular formula is C15H17NO2. The summed E-state index contributed by atoms with van der Waals surface area (Å²) in [4.78, 5) is 15.0. The first-order chi connectivity index (χ1) is 8.69. The lowest BCUT2D eigenvalue weighted by Gasteiger charge is -2.18. The Morgan fingerprint density at radius 2 is 2.28 bits per heavy atom. The van der Waals surface area contributed by atoms with Gasteiger partial charge in [-0.25, -0.2) is 4.79 Å². The number of ether oxygens (including phenoxy) is 1. The van der Waals surface area contributed by atoms with Gasteiger partial charge < -0.3 is 9.72 Å². The fourth-order valence-electron chi connectivity index (χ4n) is 2.84. The van der Waals surface area contributed by atoms with Crippen LogP contribution in [0.4, 0.5) is 0 Å². The molecular weight excluding hydrogens is 226 g/mol. The van der Waals surface area contributed by atoms with Gasteiger partial charge >= 0.3 is 5.97 Å². The highest BCUT2D eigenvalue weighted by Gasteiger charge is 2.20. The van der Waals surface area contributed by atoms with Crippen LogP contribution in [0, 0.1) is 5.92 Å². The molecule has 3 nitrogen and oxygen atoms in total. The van der Waals surface area contributed by atoms with Crippen LogP contribution in [-0.2, 0) is 17.6 Å². The molecule has 18 heavy (non-hydrogen) atoms. The number of aromatic nitrogens is 1. The lowest BCUT2D eigenvalue weighted by atomic mass is 9.87. The zero-order chi connectivity index (χ0) is 12.7. The average molecular weight is 243 g/mol. The quantitative estimate of drug-likeness (QED) is 0.782. The van der Waals surface area contributed by atoms with Gasteiger partial charge in [0, 0.05) is 16.6 Å². The lowest BCUT2D eigenvalue weighted by molar-refractivity contribution is 0.0601. The lowest BCUT2D eigenvalue weighted by Crippen LogP contribution is -2.10. The number of rotatable bonds is 1. The van der Waals surface area contributed by atoms with E-state index in [1.54, 1.807) is 0 Å². The Labute approximate surface area is 106 Å². The van der Waals surface area contributed by atoms with Crippen molar-refractivity contribution in [3.05, 3.63) is 35.0 Å². The molecule has 1 aliphatic rings. The van der Waals surface area contributed by atoms with Gasteiger partial charge in [0.1, 0.15) is 0 Å². The molecule has 0 aliphatic heterocycles. The molecule has 1 heterocycles. The Morgan fingerprint density at radius 1 is 1.44 bits per heavy atom. The van der Waals surface area contributed by atoms with Crippen LogP contribution in [0.2, 0.25) is 0 Å². The van der Waals surface area contributed by atoms with Crippen LogP contribution in [-0.4, -0.2) is 18.1 Å². The van der Waals surface area contributed by atoms with E-state index in [4.69, 9.17) is 4.74 Å². The number of nitrogens with one attached hydrogen (secondary N) is 1. The standard InChI is InChI=1S/C15H17NO2/c1-9-3-5-13-11(7-9)12-8-10(15(17)18-2)4-6-14(12)16-13/h4,6,8-9,16H,3,5,7H2,1-2H3/t9-/m1/s1. The van der Waals surface area contributed by atoms with Gasteiger partial charge in [-0.05, 0) is 48.9 Å². The van der Waals surface area contributed by atoms with Gasteiger partial charge in [0.25, 0.3) is 0 Å². The van der Waals surface area contributed by atoms with Crippen LogP contribution >= 0.6 is 0 Å². The Balaban J connectivity index is 2.15. The molecule has 1 aromatic carbocycles. The number of esters is 1. The van der Waals surface area contributed by atoms with E-state index in [-0.39, 0.29) is 5.97 Å². The summed E-state index contributed by atoms with van der Waals surface area (Å²) >= 11 is 0. The Morgan fingerprint density at radius 3 is 3.06 bits per heavy atom. The highest BCUT2D eigenvalue weighted by molar-refractivity contribution is 5.96. The minimum absolute atomic E-state index is 0.268. The molecule has 2 aromatic rings. The Bertz CT molecular complexity index is 612. The molecule has 1 N–H and O–H groups in total. The van der Waals surface area contributed by atoms with Gasteiger partial charge in [-0.15, -0.1) is 0 Å². The first kappa shape index (κ1) is 11.3. The molecule has 1 atom stereocenters. The second-order valence-corrected chi connectivity index (χ2v) is 5.18. The van der Waals surface area contributed by atoms with Crippen molar-refractivity contribution in [3.63, 3.8) is 0 Å². The third-order valence-corrected chi connectivity index (χ3v) is 3.86. The minimum Gasteiger partial charge on any atom is -0.465 e. The maximum absolute atomic E-state index is 11.6. The van der Waals surface area contributed by atoms with Gasteiger partial charge in [0.15, 0.2) is 0 Å². The molecule has 0 unspecified atom stereocenters. The SMILES string of the molecule is COC(=O)c1ccc2[nH]c3c(c2c1)C[C@H](C)CC3. The average Bonchev–Trinajstić information content (AvgIpc) is 2.75. The normalized spacial score (nSPS) is 18.7. The Hall–Kier alpha value is -1.77. The minimum atomic E-state index is -0.268. The van der Waals surface area contributed by atoms with Gasteiger partial charge in [-0.3, -0.25) is 0 Å². The first-order valence-electron chi connectivity index (χ1n) is 6.41. The molecule has 1 aromatic heterocycles. The molecule has 0 bridgehead atoms. The summed E-state index contributed by atoms with van der Waals surface area (Å²) in [6.07, 6.45) is 3.45. The molecule has 3 rings (SSSR count). The van der Waals surface area contributed by atoms with Crippen molar-refractivity contribution in [2.45, 2.75) is 26.2 Å². The number of H-pyrrole nitrogens is 1. The third kappa shape index (κ3) is 1.70. The number of aryl methyl sites for hydroxylation is 1. The fourth-order valence-corrected chi connectivity index (χ4v) is 2.84. The van der Waals surface area contributed by atoms with Gasteiger partial charge in [0.05, 0.1) is 12.7 Å². The maximum atomic E-state index is 11.6. The Kier molecular flexibility index (Phi) is 2.62. The predicted molar refractivity (Wildman–Crippen MR) is 70.8 cm³/mol. The molecule has 0 saturated carbocycles. The molecule has 3 heteroatoms. The largest absolute Gasteiger partial charge is 0.465 e. The van der Waals surface area contributed by atoms with Crippen molar-refractivity contribution >= 4 is 16.9 Å². The van der Waals surface area contributed by atoms with Crippen molar-refractivity contribution in [2.24, 2.45) is 5.92 Å².